The second-order valence-corrected chi connectivity index (χ2v) is 8.17. The Kier molecular flexibility index (Phi) is 5.86. The summed E-state index contributed by atoms with van der Waals surface area (Å²) in [5.41, 5.74) is 1.38. The molecule has 0 fully saturated rings. The molecule has 9 heteroatoms. The summed E-state index contributed by atoms with van der Waals surface area (Å²) in [7, 11) is 3.65. The lowest BCUT2D eigenvalue weighted by molar-refractivity contribution is 0.0662. The summed E-state index contributed by atoms with van der Waals surface area (Å²) in [5, 5.41) is 13.7. The van der Waals surface area contributed by atoms with Gasteiger partial charge in [0.2, 0.25) is 5.95 Å². The molecule has 2 heterocycles. The Balaban J connectivity index is 1.99. The summed E-state index contributed by atoms with van der Waals surface area (Å²) in [6.45, 7) is 6.67. The van der Waals surface area contributed by atoms with Gasteiger partial charge in [0.25, 0.3) is 0 Å². The molecule has 0 spiro atoms. The average molecular weight is 419 g/mol. The van der Waals surface area contributed by atoms with Crippen LogP contribution in [0, 0.1) is 0 Å². The van der Waals surface area contributed by atoms with Crippen molar-refractivity contribution in [3.8, 4) is 0 Å². The molecule has 0 atom stereocenters. The first-order valence-electron chi connectivity index (χ1n) is 9.53. The van der Waals surface area contributed by atoms with Gasteiger partial charge in [-0.15, -0.1) is 0 Å². The Morgan fingerprint density at radius 2 is 2.03 bits per heavy atom. The number of hydrogen-bond donors (Lipinski definition) is 2. The van der Waals surface area contributed by atoms with Crippen LogP contribution in [-0.2, 0) is 13.6 Å². The molecule has 0 saturated carbocycles. The largest absolute Gasteiger partial charge is 0.390 e. The van der Waals surface area contributed by atoms with Crippen LogP contribution in [0.15, 0.2) is 29.2 Å². The lowest BCUT2D eigenvalue weighted by Gasteiger charge is -2.17. The fraction of sp³-hybridized carbons (Fsp3) is 0.450. The maximum atomic E-state index is 12.7. The van der Waals surface area contributed by atoms with Gasteiger partial charge in [-0.2, -0.15) is 4.98 Å². The Labute approximate surface area is 174 Å². The standard InChI is InChI=1S/C20H27ClN6O2/c1-6-25(4)18-22-12-14(21)17(24-18)23-13-7-8-15-16(11-13)27(19(28)26(15)5)10-9-20(2,3)29/h7-8,11-12,29H,6,9-10H2,1-5H3,(H,22,23,24). The predicted octanol–water partition coefficient (Wildman–Crippen LogP) is 3.14. The highest BCUT2D eigenvalue weighted by molar-refractivity contribution is 6.32. The summed E-state index contributed by atoms with van der Waals surface area (Å²) < 4.78 is 3.28. The van der Waals surface area contributed by atoms with E-state index in [1.54, 1.807) is 36.2 Å². The smallest absolute Gasteiger partial charge is 0.328 e. The molecule has 8 nitrogen and oxygen atoms in total. The van der Waals surface area contributed by atoms with Gasteiger partial charge in [-0.1, -0.05) is 11.6 Å². The maximum Gasteiger partial charge on any atom is 0.328 e. The van der Waals surface area contributed by atoms with Gasteiger partial charge in [-0.05, 0) is 45.4 Å². The highest BCUT2D eigenvalue weighted by Crippen LogP contribution is 2.27. The third-order valence-corrected chi connectivity index (χ3v) is 5.18. The van der Waals surface area contributed by atoms with Crippen LogP contribution in [0.1, 0.15) is 27.2 Å². The van der Waals surface area contributed by atoms with E-state index in [2.05, 4.69) is 15.3 Å². The Hall–Kier alpha value is -2.58. The van der Waals surface area contributed by atoms with E-state index in [9.17, 15) is 9.90 Å². The first kappa shape index (κ1) is 21.1. The fourth-order valence-electron chi connectivity index (χ4n) is 3.00. The van der Waals surface area contributed by atoms with Crippen molar-refractivity contribution in [1.82, 2.24) is 19.1 Å². The van der Waals surface area contributed by atoms with Gasteiger partial charge in [0, 0.05) is 32.9 Å². The van der Waals surface area contributed by atoms with Gasteiger partial charge in [0.15, 0.2) is 5.82 Å². The first-order valence-corrected chi connectivity index (χ1v) is 9.91. The molecule has 156 valence electrons. The number of aromatic nitrogens is 4. The molecule has 3 rings (SSSR count). The Morgan fingerprint density at radius 3 is 2.69 bits per heavy atom. The maximum absolute atomic E-state index is 12.7. The summed E-state index contributed by atoms with van der Waals surface area (Å²) in [6.07, 6.45) is 2.03. The van der Waals surface area contributed by atoms with E-state index < -0.39 is 5.60 Å². The number of aliphatic hydroxyl groups is 1. The molecule has 0 aliphatic rings. The molecule has 2 N–H and O–H groups in total. The van der Waals surface area contributed by atoms with E-state index in [4.69, 9.17) is 11.6 Å². The first-order chi connectivity index (χ1) is 13.6. The van der Waals surface area contributed by atoms with Crippen molar-refractivity contribution in [1.29, 1.82) is 0 Å². The fourth-order valence-corrected chi connectivity index (χ4v) is 3.14. The van der Waals surface area contributed by atoms with Gasteiger partial charge in [0.05, 0.1) is 22.8 Å². The van der Waals surface area contributed by atoms with Crippen LogP contribution in [0.25, 0.3) is 11.0 Å². The topological polar surface area (TPSA) is 88.2 Å². The number of imidazole rings is 1. The van der Waals surface area contributed by atoms with Crippen molar-refractivity contribution in [2.75, 3.05) is 23.8 Å². The molecule has 29 heavy (non-hydrogen) atoms. The molecule has 0 aliphatic heterocycles. The number of aryl methyl sites for hydroxylation is 2. The molecule has 0 saturated heterocycles. The minimum Gasteiger partial charge on any atom is -0.390 e. The van der Waals surface area contributed by atoms with E-state index in [-0.39, 0.29) is 5.69 Å². The molecule has 0 radical (unpaired) electrons. The summed E-state index contributed by atoms with van der Waals surface area (Å²) in [5.74, 6) is 1.07. The van der Waals surface area contributed by atoms with E-state index >= 15 is 0 Å². The van der Waals surface area contributed by atoms with Gasteiger partial charge in [-0.25, -0.2) is 9.78 Å². The highest BCUT2D eigenvalue weighted by Gasteiger charge is 2.17. The Bertz CT molecular complexity index is 1080. The molecule has 1 aromatic carbocycles. The lowest BCUT2D eigenvalue weighted by atomic mass is 10.1. The minimum absolute atomic E-state index is 0.117. The summed E-state index contributed by atoms with van der Waals surface area (Å²) >= 11 is 6.28. The van der Waals surface area contributed by atoms with Crippen molar-refractivity contribution < 1.29 is 5.11 Å². The number of benzene rings is 1. The van der Waals surface area contributed by atoms with Crippen LogP contribution < -0.4 is 15.9 Å². The number of rotatable bonds is 7. The number of halogens is 1. The summed E-state index contributed by atoms with van der Waals surface area (Å²) in [4.78, 5) is 23.3. The second kappa shape index (κ2) is 8.04. The quantitative estimate of drug-likeness (QED) is 0.612. The lowest BCUT2D eigenvalue weighted by Crippen LogP contribution is -2.27. The zero-order valence-electron chi connectivity index (χ0n) is 17.4. The Morgan fingerprint density at radius 1 is 1.31 bits per heavy atom. The average Bonchev–Trinajstić information content (AvgIpc) is 2.90. The van der Waals surface area contributed by atoms with Crippen LogP contribution in [0.2, 0.25) is 5.02 Å². The van der Waals surface area contributed by atoms with Gasteiger partial charge in [-0.3, -0.25) is 9.13 Å². The number of anilines is 3. The minimum atomic E-state index is -0.854. The number of nitrogens with one attached hydrogen (secondary N) is 1. The van der Waals surface area contributed by atoms with Crippen LogP contribution in [0.4, 0.5) is 17.5 Å². The van der Waals surface area contributed by atoms with E-state index in [1.807, 2.05) is 37.1 Å². The molecular weight excluding hydrogens is 392 g/mol. The number of nitrogens with zero attached hydrogens (tertiary/aromatic N) is 5. The van der Waals surface area contributed by atoms with Crippen LogP contribution in [0.3, 0.4) is 0 Å². The SMILES string of the molecule is CCN(C)c1ncc(Cl)c(Nc2ccc3c(c2)n(CCC(C)(C)O)c(=O)n3C)n1. The molecule has 0 bridgehead atoms. The number of fused-ring (bicyclic) bond motifs is 1. The van der Waals surface area contributed by atoms with E-state index in [1.165, 1.54) is 0 Å². The molecular formula is C20H27ClN6O2. The normalized spacial score (nSPS) is 11.8. The predicted molar refractivity (Wildman–Crippen MR) is 117 cm³/mol. The van der Waals surface area contributed by atoms with Gasteiger partial charge >= 0.3 is 5.69 Å². The molecule has 0 amide bonds. The molecule has 2 aromatic heterocycles. The van der Waals surface area contributed by atoms with Crippen LogP contribution in [-0.4, -0.2) is 43.4 Å². The second-order valence-electron chi connectivity index (χ2n) is 7.76. The molecule has 3 aromatic rings. The van der Waals surface area contributed by atoms with Gasteiger partial charge < -0.3 is 15.3 Å². The van der Waals surface area contributed by atoms with E-state index in [0.29, 0.717) is 29.8 Å². The van der Waals surface area contributed by atoms with E-state index in [0.717, 1.165) is 23.3 Å². The monoisotopic (exact) mass is 418 g/mol. The molecule has 0 unspecified atom stereocenters. The van der Waals surface area contributed by atoms with Crippen LogP contribution >= 0.6 is 11.6 Å². The third-order valence-electron chi connectivity index (χ3n) is 4.90. The highest BCUT2D eigenvalue weighted by atomic mass is 35.5. The zero-order chi connectivity index (χ0) is 21.3. The zero-order valence-corrected chi connectivity index (χ0v) is 18.2. The van der Waals surface area contributed by atoms with Crippen molar-refractivity contribution in [2.24, 2.45) is 7.05 Å². The van der Waals surface area contributed by atoms with Crippen molar-refractivity contribution in [2.45, 2.75) is 39.3 Å². The van der Waals surface area contributed by atoms with Crippen LogP contribution in [0.5, 0.6) is 0 Å². The number of hydrogen-bond acceptors (Lipinski definition) is 6. The van der Waals surface area contributed by atoms with Gasteiger partial charge in [0.1, 0.15) is 5.02 Å². The molecule has 0 aliphatic carbocycles. The van der Waals surface area contributed by atoms with Crippen molar-refractivity contribution in [3.63, 3.8) is 0 Å². The van der Waals surface area contributed by atoms with Crippen molar-refractivity contribution >= 4 is 40.1 Å². The summed E-state index contributed by atoms with van der Waals surface area (Å²) in [6, 6.07) is 5.65. The van der Waals surface area contributed by atoms with Crippen molar-refractivity contribution in [3.05, 3.63) is 39.9 Å². The third kappa shape index (κ3) is 4.54.